The van der Waals surface area contributed by atoms with Crippen molar-refractivity contribution in [1.82, 2.24) is 10.2 Å². The van der Waals surface area contributed by atoms with Gasteiger partial charge in [-0.3, -0.25) is 4.79 Å². The van der Waals surface area contributed by atoms with Crippen LogP contribution in [-0.2, 0) is 9.53 Å². The standard InChI is InChI=1S/C11H18N2O2/c1-12-10-8-15-7-6-13(11(10)14)9-4-2-3-5-9/h2,4,9-10,12H,3,5-8H2,1H3. The van der Waals surface area contributed by atoms with Gasteiger partial charge in [0.25, 0.3) is 0 Å². The molecule has 0 spiro atoms. The van der Waals surface area contributed by atoms with Crippen LogP contribution in [0.2, 0.25) is 0 Å². The molecule has 2 atom stereocenters. The second kappa shape index (κ2) is 4.77. The van der Waals surface area contributed by atoms with Gasteiger partial charge in [-0.2, -0.15) is 0 Å². The number of rotatable bonds is 2. The maximum absolute atomic E-state index is 12.1. The number of allylic oxidation sites excluding steroid dienone is 1. The molecule has 0 radical (unpaired) electrons. The summed E-state index contributed by atoms with van der Waals surface area (Å²) in [4.78, 5) is 14.1. The molecule has 0 bridgehead atoms. The van der Waals surface area contributed by atoms with Gasteiger partial charge < -0.3 is 15.0 Å². The third kappa shape index (κ3) is 2.21. The zero-order valence-electron chi connectivity index (χ0n) is 9.11. The molecule has 2 aliphatic rings. The zero-order chi connectivity index (χ0) is 10.7. The van der Waals surface area contributed by atoms with Gasteiger partial charge in [0.2, 0.25) is 5.91 Å². The number of amides is 1. The molecule has 84 valence electrons. The van der Waals surface area contributed by atoms with E-state index in [1.54, 1.807) is 7.05 Å². The lowest BCUT2D eigenvalue weighted by Crippen LogP contribution is -2.49. The number of likely N-dealkylation sites (N-methyl/N-ethyl adjacent to an activating group) is 1. The fraction of sp³-hybridized carbons (Fsp3) is 0.727. The van der Waals surface area contributed by atoms with Crippen LogP contribution in [0.15, 0.2) is 12.2 Å². The van der Waals surface area contributed by atoms with E-state index in [-0.39, 0.29) is 18.0 Å². The van der Waals surface area contributed by atoms with Gasteiger partial charge in [-0.1, -0.05) is 12.2 Å². The first-order valence-electron chi connectivity index (χ1n) is 5.55. The van der Waals surface area contributed by atoms with Gasteiger partial charge in [-0.15, -0.1) is 0 Å². The van der Waals surface area contributed by atoms with Crippen molar-refractivity contribution in [2.45, 2.75) is 24.9 Å². The summed E-state index contributed by atoms with van der Waals surface area (Å²) < 4.78 is 5.41. The third-order valence-electron chi connectivity index (χ3n) is 3.08. The molecule has 1 amide bonds. The minimum Gasteiger partial charge on any atom is -0.377 e. The number of nitrogens with one attached hydrogen (secondary N) is 1. The summed E-state index contributed by atoms with van der Waals surface area (Å²) >= 11 is 0. The second-order valence-electron chi connectivity index (χ2n) is 4.02. The summed E-state index contributed by atoms with van der Waals surface area (Å²) in [5.74, 6) is 0.173. The SMILES string of the molecule is CNC1COCCN(C2C=CCC2)C1=O. The van der Waals surface area contributed by atoms with Gasteiger partial charge in [0, 0.05) is 6.54 Å². The van der Waals surface area contributed by atoms with E-state index in [1.807, 2.05) is 4.90 Å². The van der Waals surface area contributed by atoms with Crippen LogP contribution in [0, 0.1) is 0 Å². The molecule has 2 rings (SSSR count). The van der Waals surface area contributed by atoms with E-state index >= 15 is 0 Å². The smallest absolute Gasteiger partial charge is 0.242 e. The van der Waals surface area contributed by atoms with Crippen LogP contribution in [0.25, 0.3) is 0 Å². The van der Waals surface area contributed by atoms with Crippen LogP contribution in [0.5, 0.6) is 0 Å². The van der Waals surface area contributed by atoms with Crippen molar-refractivity contribution < 1.29 is 9.53 Å². The molecule has 15 heavy (non-hydrogen) atoms. The van der Waals surface area contributed by atoms with E-state index in [1.165, 1.54) is 0 Å². The lowest BCUT2D eigenvalue weighted by Gasteiger charge is -2.28. The van der Waals surface area contributed by atoms with Gasteiger partial charge >= 0.3 is 0 Å². The Morgan fingerprint density at radius 1 is 1.60 bits per heavy atom. The van der Waals surface area contributed by atoms with E-state index in [4.69, 9.17) is 4.74 Å². The summed E-state index contributed by atoms with van der Waals surface area (Å²) in [5, 5.41) is 3.01. The minimum atomic E-state index is -0.179. The van der Waals surface area contributed by atoms with Crippen LogP contribution in [-0.4, -0.2) is 49.7 Å². The summed E-state index contributed by atoms with van der Waals surface area (Å²) in [6.07, 6.45) is 6.43. The zero-order valence-corrected chi connectivity index (χ0v) is 9.11. The molecule has 1 heterocycles. The Morgan fingerprint density at radius 3 is 3.13 bits per heavy atom. The largest absolute Gasteiger partial charge is 0.377 e. The monoisotopic (exact) mass is 210 g/mol. The highest BCUT2D eigenvalue weighted by Gasteiger charge is 2.30. The van der Waals surface area contributed by atoms with Crippen LogP contribution in [0.4, 0.5) is 0 Å². The molecule has 4 heteroatoms. The Hall–Kier alpha value is -0.870. The quantitative estimate of drug-likeness (QED) is 0.660. The third-order valence-corrected chi connectivity index (χ3v) is 3.08. The molecule has 1 fully saturated rings. The molecule has 1 aliphatic heterocycles. The van der Waals surface area contributed by atoms with Gasteiger partial charge in [-0.05, 0) is 19.9 Å². The predicted molar refractivity (Wildman–Crippen MR) is 57.5 cm³/mol. The lowest BCUT2D eigenvalue weighted by molar-refractivity contribution is -0.133. The lowest BCUT2D eigenvalue weighted by atomic mass is 10.2. The molecule has 0 aromatic carbocycles. The molecule has 0 aromatic heterocycles. The number of hydrogen-bond acceptors (Lipinski definition) is 3. The van der Waals surface area contributed by atoms with Crippen molar-refractivity contribution in [2.24, 2.45) is 0 Å². The molecular weight excluding hydrogens is 192 g/mol. The maximum Gasteiger partial charge on any atom is 0.242 e. The summed E-state index contributed by atoms with van der Waals surface area (Å²) in [6.45, 7) is 1.85. The maximum atomic E-state index is 12.1. The van der Waals surface area contributed by atoms with Crippen molar-refractivity contribution >= 4 is 5.91 Å². The van der Waals surface area contributed by atoms with Crippen LogP contribution < -0.4 is 5.32 Å². The minimum absolute atomic E-state index is 0.173. The predicted octanol–water partition coefficient (Wildman–Crippen LogP) is 0.152. The Morgan fingerprint density at radius 2 is 2.47 bits per heavy atom. The molecule has 4 nitrogen and oxygen atoms in total. The summed E-state index contributed by atoms with van der Waals surface area (Å²) in [7, 11) is 1.81. The Labute approximate surface area is 90.3 Å². The Bertz CT molecular complexity index is 265. The fourth-order valence-electron chi connectivity index (χ4n) is 2.16. The van der Waals surface area contributed by atoms with Crippen LogP contribution in [0.1, 0.15) is 12.8 Å². The second-order valence-corrected chi connectivity index (χ2v) is 4.02. The van der Waals surface area contributed by atoms with E-state index in [2.05, 4.69) is 17.5 Å². The molecule has 1 aliphatic carbocycles. The van der Waals surface area contributed by atoms with E-state index in [0.717, 1.165) is 12.8 Å². The van der Waals surface area contributed by atoms with Crippen molar-refractivity contribution in [3.05, 3.63) is 12.2 Å². The Balaban J connectivity index is 2.07. The van der Waals surface area contributed by atoms with Gasteiger partial charge in [-0.25, -0.2) is 0 Å². The van der Waals surface area contributed by atoms with Crippen molar-refractivity contribution in [3.8, 4) is 0 Å². The highest BCUT2D eigenvalue weighted by Crippen LogP contribution is 2.18. The van der Waals surface area contributed by atoms with Crippen molar-refractivity contribution in [3.63, 3.8) is 0 Å². The molecule has 1 saturated heterocycles. The molecule has 2 unspecified atom stereocenters. The molecule has 1 N–H and O–H groups in total. The van der Waals surface area contributed by atoms with Gasteiger partial charge in [0.1, 0.15) is 6.04 Å². The average molecular weight is 210 g/mol. The average Bonchev–Trinajstić information content (AvgIpc) is 2.70. The van der Waals surface area contributed by atoms with Crippen molar-refractivity contribution in [2.75, 3.05) is 26.8 Å². The molecular formula is C11H18N2O2. The highest BCUT2D eigenvalue weighted by molar-refractivity contribution is 5.82. The first-order chi connectivity index (χ1) is 7.33. The highest BCUT2D eigenvalue weighted by atomic mass is 16.5. The van der Waals surface area contributed by atoms with E-state index in [0.29, 0.717) is 19.8 Å². The topological polar surface area (TPSA) is 41.6 Å². The summed E-state index contributed by atoms with van der Waals surface area (Å²) in [5.41, 5.74) is 0. The first-order valence-corrected chi connectivity index (χ1v) is 5.55. The Kier molecular flexibility index (Phi) is 3.38. The van der Waals surface area contributed by atoms with E-state index < -0.39 is 0 Å². The first kappa shape index (κ1) is 10.6. The number of nitrogens with zero attached hydrogens (tertiary/aromatic N) is 1. The fourth-order valence-corrected chi connectivity index (χ4v) is 2.16. The molecule has 0 saturated carbocycles. The number of ether oxygens (including phenoxy) is 1. The normalized spacial score (nSPS) is 32.1. The van der Waals surface area contributed by atoms with E-state index in [9.17, 15) is 4.79 Å². The van der Waals surface area contributed by atoms with Gasteiger partial charge in [0.05, 0.1) is 19.3 Å². The van der Waals surface area contributed by atoms with Crippen molar-refractivity contribution in [1.29, 1.82) is 0 Å². The number of hydrogen-bond donors (Lipinski definition) is 1. The number of carbonyl (C=O) groups excluding carboxylic acids is 1. The summed E-state index contributed by atoms with van der Waals surface area (Å²) in [6, 6.07) is 0.108. The molecule has 0 aromatic rings. The van der Waals surface area contributed by atoms with Crippen LogP contribution in [0.3, 0.4) is 0 Å². The van der Waals surface area contributed by atoms with Crippen LogP contribution >= 0.6 is 0 Å². The number of carbonyl (C=O) groups is 1. The van der Waals surface area contributed by atoms with Gasteiger partial charge in [0.15, 0.2) is 0 Å².